The molecule has 2 aliphatic rings. The average Bonchev–Trinajstić information content (AvgIpc) is 2.37. The lowest BCUT2D eigenvalue weighted by Gasteiger charge is -2.17. The second-order valence-electron chi connectivity index (χ2n) is 3.73. The average molecular weight is 316 g/mol. The monoisotopic (exact) mass is 314 g/mol. The maximum Gasteiger partial charge on any atom is 0.256 e. The zero-order chi connectivity index (χ0) is 10.6. The normalized spacial score (nSPS) is 38.5. The Kier molecular flexibility index (Phi) is 4.10. The van der Waals surface area contributed by atoms with Crippen LogP contribution in [0.3, 0.4) is 0 Å². The van der Waals surface area contributed by atoms with Crippen molar-refractivity contribution in [3.63, 3.8) is 0 Å². The van der Waals surface area contributed by atoms with Crippen molar-refractivity contribution in [3.05, 3.63) is 0 Å². The molecule has 3 N–H and O–H groups in total. The predicted octanol–water partition coefficient (Wildman–Crippen LogP) is -3.98. The molecule has 2 aliphatic heterocycles. The summed E-state index contributed by atoms with van der Waals surface area (Å²) < 4.78 is 21.1. The highest BCUT2D eigenvalue weighted by molar-refractivity contribution is 7.91. The number of nitrogens with two attached hydrogens (primary N) is 1. The molecule has 15 heavy (non-hydrogen) atoms. The Morgan fingerprint density at radius 2 is 1.87 bits per heavy atom. The quantitative estimate of drug-likeness (QED) is 0.448. The Hall–Kier alpha value is 1.03. The summed E-state index contributed by atoms with van der Waals surface area (Å²) in [4.78, 5) is 0. The van der Waals surface area contributed by atoms with Crippen LogP contribution in [0, 0.1) is 0 Å². The van der Waals surface area contributed by atoms with Gasteiger partial charge >= 0.3 is 0 Å². The fourth-order valence-electron chi connectivity index (χ4n) is 1.97. The van der Waals surface area contributed by atoms with Crippen LogP contribution < -0.4 is 23.0 Å². The Balaban J connectivity index is 0.00000112. The van der Waals surface area contributed by atoms with Crippen LogP contribution in [0.15, 0.2) is 0 Å². The minimum Gasteiger partial charge on any atom is -1.00 e. The summed E-state index contributed by atoms with van der Waals surface area (Å²) in [7, 11) is -2.90. The summed E-state index contributed by atoms with van der Waals surface area (Å²) >= 11 is 17.1. The molecule has 2 rings (SSSR count). The second-order valence-corrected chi connectivity index (χ2v) is 8.25. The van der Waals surface area contributed by atoms with Gasteiger partial charge < -0.3 is 17.7 Å². The number of fused-ring (bicyclic) bond motifs is 1. The Morgan fingerprint density at radius 3 is 2.33 bits per heavy atom. The fraction of sp³-hybridized carbons (Fsp3) is 1.00. The third-order valence-corrected chi connectivity index (χ3v) is 5.05. The van der Waals surface area contributed by atoms with Gasteiger partial charge in [0.2, 0.25) is 0 Å². The van der Waals surface area contributed by atoms with Gasteiger partial charge in [0.15, 0.2) is 16.0 Å². The van der Waals surface area contributed by atoms with E-state index in [0.29, 0.717) is 0 Å². The SMILES string of the molecule is O=S1(=O)CC2NC(C(Cl)(Cl)Cl)[NH2+]C2C1.[Cl-]. The first kappa shape index (κ1) is 14.1. The first-order valence-corrected chi connectivity index (χ1v) is 7.12. The van der Waals surface area contributed by atoms with Gasteiger partial charge in [-0.1, -0.05) is 34.8 Å². The molecular weight excluding hydrogens is 306 g/mol. The Labute approximate surface area is 109 Å². The number of hydrogen-bond acceptors (Lipinski definition) is 3. The van der Waals surface area contributed by atoms with E-state index in [0.717, 1.165) is 0 Å². The second kappa shape index (κ2) is 4.37. The minimum atomic E-state index is -2.90. The van der Waals surface area contributed by atoms with E-state index in [4.69, 9.17) is 34.8 Å². The minimum absolute atomic E-state index is 0. The molecule has 9 heteroatoms. The van der Waals surface area contributed by atoms with Crippen LogP contribution in [0.25, 0.3) is 0 Å². The zero-order valence-corrected chi connectivity index (χ0v) is 11.3. The van der Waals surface area contributed by atoms with E-state index in [1.807, 2.05) is 0 Å². The highest BCUT2D eigenvalue weighted by Crippen LogP contribution is 2.30. The summed E-state index contributed by atoms with van der Waals surface area (Å²) in [5, 5.41) is 4.81. The van der Waals surface area contributed by atoms with Gasteiger partial charge in [0.25, 0.3) is 3.79 Å². The summed E-state index contributed by atoms with van der Waals surface area (Å²) in [6, 6.07) is -0.0961. The molecule has 90 valence electrons. The van der Waals surface area contributed by atoms with Crippen LogP contribution in [-0.2, 0) is 9.84 Å². The molecule has 4 nitrogen and oxygen atoms in total. The van der Waals surface area contributed by atoms with Crippen LogP contribution in [0.1, 0.15) is 0 Å². The molecule has 2 heterocycles. The largest absolute Gasteiger partial charge is 1.00 e. The van der Waals surface area contributed by atoms with Gasteiger partial charge in [-0.2, -0.15) is 0 Å². The van der Waals surface area contributed by atoms with Crippen LogP contribution in [0.5, 0.6) is 0 Å². The predicted molar refractivity (Wildman–Crippen MR) is 55.4 cm³/mol. The first-order chi connectivity index (χ1) is 6.28. The molecule has 0 aromatic rings. The molecular formula is C6H10Cl4N2O2S. The van der Waals surface area contributed by atoms with Crippen molar-refractivity contribution in [1.82, 2.24) is 5.32 Å². The number of alkyl halides is 3. The number of sulfone groups is 1. The van der Waals surface area contributed by atoms with Gasteiger partial charge in [0.1, 0.15) is 11.8 Å². The van der Waals surface area contributed by atoms with Gasteiger partial charge in [-0.3, -0.25) is 5.32 Å². The van der Waals surface area contributed by atoms with Crippen molar-refractivity contribution >= 4 is 44.6 Å². The lowest BCUT2D eigenvalue weighted by atomic mass is 10.2. The molecule has 0 aliphatic carbocycles. The van der Waals surface area contributed by atoms with Crippen molar-refractivity contribution in [2.24, 2.45) is 0 Å². The maximum atomic E-state index is 11.2. The third-order valence-electron chi connectivity index (χ3n) is 2.58. The Morgan fingerprint density at radius 1 is 1.27 bits per heavy atom. The lowest BCUT2D eigenvalue weighted by Crippen LogP contribution is -3.00. The first-order valence-electron chi connectivity index (χ1n) is 4.16. The van der Waals surface area contributed by atoms with Crippen molar-refractivity contribution < 1.29 is 26.1 Å². The molecule has 0 spiro atoms. The van der Waals surface area contributed by atoms with E-state index in [2.05, 4.69) is 5.32 Å². The van der Waals surface area contributed by atoms with E-state index in [-0.39, 0.29) is 42.2 Å². The van der Waals surface area contributed by atoms with Crippen molar-refractivity contribution in [3.8, 4) is 0 Å². The van der Waals surface area contributed by atoms with Gasteiger partial charge in [0.05, 0.1) is 11.8 Å². The van der Waals surface area contributed by atoms with Crippen molar-refractivity contribution in [2.75, 3.05) is 11.5 Å². The zero-order valence-electron chi connectivity index (χ0n) is 7.46. The standard InChI is InChI=1S/C6H9Cl3N2O2S.ClH/c7-6(8,9)5-10-3-1-14(12,13)2-4(3)11-5;/h3-5,10-11H,1-2H2;1H. The van der Waals surface area contributed by atoms with Crippen LogP contribution in [0.2, 0.25) is 0 Å². The van der Waals surface area contributed by atoms with E-state index >= 15 is 0 Å². The molecule has 3 atom stereocenters. The molecule has 3 unspecified atom stereocenters. The summed E-state index contributed by atoms with van der Waals surface area (Å²) in [5.74, 6) is 0.313. The van der Waals surface area contributed by atoms with E-state index in [9.17, 15) is 8.42 Å². The molecule has 2 fully saturated rings. The smallest absolute Gasteiger partial charge is 0.256 e. The van der Waals surface area contributed by atoms with Gasteiger partial charge in [-0.15, -0.1) is 0 Å². The number of rotatable bonds is 0. The topological polar surface area (TPSA) is 62.8 Å². The van der Waals surface area contributed by atoms with Gasteiger partial charge in [-0.05, 0) is 0 Å². The highest BCUT2D eigenvalue weighted by Gasteiger charge is 2.52. The third kappa shape index (κ3) is 3.03. The molecule has 0 saturated carbocycles. The van der Waals surface area contributed by atoms with E-state index in [1.165, 1.54) is 0 Å². The molecule has 0 bridgehead atoms. The molecule has 2 saturated heterocycles. The Bertz CT molecular complexity index is 322. The van der Waals surface area contributed by atoms with Gasteiger partial charge in [0, 0.05) is 0 Å². The summed E-state index contributed by atoms with van der Waals surface area (Å²) in [5.41, 5.74) is 0. The lowest BCUT2D eigenvalue weighted by molar-refractivity contribution is -0.698. The number of quaternary nitrogens is 1. The van der Waals surface area contributed by atoms with E-state index < -0.39 is 13.6 Å². The highest BCUT2D eigenvalue weighted by atomic mass is 35.6. The number of halogens is 4. The molecule has 0 radical (unpaired) electrons. The maximum absolute atomic E-state index is 11.2. The van der Waals surface area contributed by atoms with Crippen LogP contribution in [0.4, 0.5) is 0 Å². The van der Waals surface area contributed by atoms with Crippen LogP contribution >= 0.6 is 34.8 Å². The van der Waals surface area contributed by atoms with E-state index in [1.54, 1.807) is 5.32 Å². The van der Waals surface area contributed by atoms with Crippen molar-refractivity contribution in [1.29, 1.82) is 0 Å². The number of hydrogen-bond donors (Lipinski definition) is 2. The van der Waals surface area contributed by atoms with Crippen molar-refractivity contribution in [2.45, 2.75) is 22.0 Å². The number of nitrogens with one attached hydrogen (secondary N) is 1. The van der Waals surface area contributed by atoms with Gasteiger partial charge in [-0.25, -0.2) is 8.42 Å². The summed E-state index contributed by atoms with van der Waals surface area (Å²) in [6.07, 6.45) is -0.349. The molecule has 0 amide bonds. The van der Waals surface area contributed by atoms with Crippen LogP contribution in [-0.4, -0.2) is 42.0 Å². The fourth-order valence-corrected chi connectivity index (χ4v) is 4.34. The summed E-state index contributed by atoms with van der Waals surface area (Å²) in [6.45, 7) is 0. The molecule has 0 aromatic carbocycles. The molecule has 0 aromatic heterocycles.